The van der Waals surface area contributed by atoms with Crippen molar-refractivity contribution in [1.82, 2.24) is 4.90 Å². The van der Waals surface area contributed by atoms with E-state index in [1.54, 1.807) is 67.7 Å². The average Bonchev–Trinajstić information content (AvgIpc) is 0.834. The van der Waals surface area contributed by atoms with Gasteiger partial charge in [-0.3, -0.25) is 14.4 Å². The van der Waals surface area contributed by atoms with Crippen LogP contribution in [-0.2, 0) is 57.9 Å². The number of methoxy groups -OCH3 is 2. The molecule has 3 heterocycles. The van der Waals surface area contributed by atoms with Gasteiger partial charge in [-0.1, -0.05) is 151 Å². The van der Waals surface area contributed by atoms with Crippen LogP contribution in [0.4, 0.5) is 0 Å². The molecule has 5 aromatic rings. The molecule has 3 aliphatic rings. The van der Waals surface area contributed by atoms with Crippen molar-refractivity contribution < 1.29 is 71.4 Å². The summed E-state index contributed by atoms with van der Waals surface area (Å²) >= 11 is 0. The second-order valence-electron chi connectivity index (χ2n) is 25.5. The maximum absolute atomic E-state index is 14.3. The van der Waals surface area contributed by atoms with Crippen LogP contribution in [0.25, 0.3) is 0 Å². The molecular weight excluding hydrogens is 1170 g/mol. The van der Waals surface area contributed by atoms with E-state index >= 15 is 0 Å². The first-order valence-electron chi connectivity index (χ1n) is 33.3. The van der Waals surface area contributed by atoms with Crippen LogP contribution in [0.5, 0.6) is 11.5 Å². The van der Waals surface area contributed by atoms with Crippen molar-refractivity contribution >= 4 is 35.2 Å². The number of benzene rings is 5. The smallest absolute Gasteiger partial charge is 0.338 e. The first-order chi connectivity index (χ1) is 44.5. The number of rotatable bonds is 35. The van der Waals surface area contributed by atoms with Crippen molar-refractivity contribution in [2.45, 2.75) is 174 Å². The van der Waals surface area contributed by atoms with Gasteiger partial charge in [-0.2, -0.15) is 0 Å². The third-order valence-corrected chi connectivity index (χ3v) is 19.3. The molecule has 0 spiro atoms. The van der Waals surface area contributed by atoms with Gasteiger partial charge in [-0.15, -0.1) is 0 Å². The minimum atomic E-state index is -1.12. The minimum absolute atomic E-state index is 0.00352. The fourth-order valence-electron chi connectivity index (χ4n) is 13.0. The zero-order chi connectivity index (χ0) is 65.6. The van der Waals surface area contributed by atoms with Crippen LogP contribution in [0.3, 0.4) is 0 Å². The monoisotopic (exact) mass is 1260 g/mol. The number of amides is 1. The Bertz CT molecular complexity index is 3060. The number of hydrogen-bond acceptors (Lipinski definition) is 15. The maximum atomic E-state index is 14.3. The van der Waals surface area contributed by atoms with Crippen molar-refractivity contribution in [2.75, 3.05) is 47.2 Å². The van der Waals surface area contributed by atoms with Crippen molar-refractivity contribution in [2.24, 2.45) is 35.5 Å². The second-order valence-corrected chi connectivity index (χ2v) is 25.5. The quantitative estimate of drug-likeness (QED) is 0.0211. The zero-order valence-corrected chi connectivity index (χ0v) is 55.2. The topological polar surface area (TPSA) is 189 Å². The molecule has 16 heteroatoms. The Morgan fingerprint density at radius 2 is 0.989 bits per heavy atom. The summed E-state index contributed by atoms with van der Waals surface area (Å²) in [6, 6.07) is 42.8. The molecule has 8 rings (SSSR count). The number of ketones is 3. The first kappa shape index (κ1) is 70.8. The standard InChI is InChI=1S/C76H97NO15/c1-51(78)35-44-67(80)59-46-63(48-89-76(60-30-20-15-21-31-60,61-36-40-65(84-7)41-37-61)62-38-42-66(85-8)43-39-62)77(47-59)70(81)34-24-23-33-64(79)32-22-11-9-10-12-25-45-86-74-56(6)54(4)71(69(91-74)50-88-73(83)58-28-18-14-19-29-58)92-75-55(5)52(2)53(3)68(90-75)49-87-72(82)57-26-16-13-17-27-57/h13-21,26-31,36-43,52-56,59,63,68-69,71,74-75H,9-12,22-25,32-35,44-50H2,1-8H3/t52?,53?,54?,55?,56?,59?,63-,68?,69?,71?,74?,75?/m0/s1. The number of hydrogen-bond donors (Lipinski definition) is 0. The third-order valence-electron chi connectivity index (χ3n) is 19.3. The van der Waals surface area contributed by atoms with Gasteiger partial charge in [0.05, 0.1) is 50.2 Å². The molecule has 92 heavy (non-hydrogen) atoms. The molecule has 16 nitrogen and oxygen atoms in total. The molecule has 3 aliphatic heterocycles. The summed E-state index contributed by atoms with van der Waals surface area (Å²) in [5.74, 6) is 0.244. The Hall–Kier alpha value is -7.08. The normalized spacial score (nSPS) is 23.9. The highest BCUT2D eigenvalue weighted by atomic mass is 16.7. The molecule has 5 aromatic carbocycles. The number of likely N-dealkylation sites (tertiary alicyclic amines) is 1. The summed E-state index contributed by atoms with van der Waals surface area (Å²) in [5.41, 5.74) is 2.38. The largest absolute Gasteiger partial charge is 0.497 e. The fourth-order valence-corrected chi connectivity index (χ4v) is 13.0. The van der Waals surface area contributed by atoms with E-state index in [9.17, 15) is 28.8 Å². The molecule has 0 radical (unpaired) electrons. The molecule has 0 aromatic heterocycles. The number of esters is 2. The van der Waals surface area contributed by atoms with Crippen LogP contribution in [0.2, 0.25) is 0 Å². The molecule has 0 bridgehead atoms. The Morgan fingerprint density at radius 1 is 0.500 bits per heavy atom. The lowest BCUT2D eigenvalue weighted by molar-refractivity contribution is -0.327. The zero-order valence-electron chi connectivity index (χ0n) is 55.2. The van der Waals surface area contributed by atoms with E-state index < -0.39 is 60.4 Å². The number of ether oxygens (including phenoxy) is 9. The first-order valence-corrected chi connectivity index (χ1v) is 33.3. The molecule has 11 unspecified atom stereocenters. The van der Waals surface area contributed by atoms with Crippen LogP contribution in [0.1, 0.15) is 169 Å². The van der Waals surface area contributed by atoms with Gasteiger partial charge in [-0.25, -0.2) is 9.59 Å². The number of unbranched alkanes of at least 4 members (excludes halogenated alkanes) is 6. The summed E-state index contributed by atoms with van der Waals surface area (Å²) < 4.78 is 56.6. The lowest BCUT2D eigenvalue weighted by Gasteiger charge is -2.48. The van der Waals surface area contributed by atoms with Crippen LogP contribution < -0.4 is 9.47 Å². The Balaban J connectivity index is 0.780. The predicted molar refractivity (Wildman–Crippen MR) is 350 cm³/mol. The Labute approximate surface area is 544 Å². The number of nitrogens with zero attached hydrogens (tertiary/aromatic N) is 1. The van der Waals surface area contributed by atoms with Crippen molar-refractivity contribution in [1.29, 1.82) is 0 Å². The van der Waals surface area contributed by atoms with Gasteiger partial charge in [0.15, 0.2) is 12.6 Å². The van der Waals surface area contributed by atoms with E-state index in [4.69, 9.17) is 42.6 Å². The van der Waals surface area contributed by atoms with Crippen molar-refractivity contribution in [3.63, 3.8) is 0 Å². The molecule has 0 saturated carbocycles. The van der Waals surface area contributed by atoms with E-state index in [0.717, 1.165) is 55.2 Å². The van der Waals surface area contributed by atoms with Gasteiger partial charge >= 0.3 is 11.9 Å². The molecule has 3 fully saturated rings. The lowest BCUT2D eigenvalue weighted by atomic mass is 9.78. The molecule has 12 atom stereocenters. The molecule has 496 valence electrons. The maximum Gasteiger partial charge on any atom is 0.338 e. The predicted octanol–water partition coefficient (Wildman–Crippen LogP) is 13.8. The highest BCUT2D eigenvalue weighted by molar-refractivity contribution is 5.90. The third kappa shape index (κ3) is 19.0. The van der Waals surface area contributed by atoms with E-state index in [2.05, 4.69) is 34.6 Å². The summed E-state index contributed by atoms with van der Waals surface area (Å²) in [5, 5.41) is 0. The fraction of sp³-hybridized carbons (Fsp3) is 0.526. The van der Waals surface area contributed by atoms with Crippen LogP contribution >= 0.6 is 0 Å². The van der Waals surface area contributed by atoms with Crippen molar-refractivity contribution in [3.05, 3.63) is 167 Å². The van der Waals surface area contributed by atoms with Crippen LogP contribution in [-0.4, -0.2) is 124 Å². The lowest BCUT2D eigenvalue weighted by Crippen LogP contribution is -2.56. The second kappa shape index (κ2) is 35.3. The molecular formula is C76H97NO15. The minimum Gasteiger partial charge on any atom is -0.497 e. The summed E-state index contributed by atoms with van der Waals surface area (Å²) in [6.07, 6.45) is 5.72. The molecule has 0 N–H and O–H groups in total. The van der Waals surface area contributed by atoms with Gasteiger partial charge in [0.1, 0.15) is 53.8 Å². The van der Waals surface area contributed by atoms with Crippen molar-refractivity contribution in [3.8, 4) is 11.5 Å². The van der Waals surface area contributed by atoms with E-state index in [1.807, 2.05) is 91.0 Å². The number of carbonyl (C=O) groups excluding carboxylic acids is 6. The Morgan fingerprint density at radius 3 is 1.55 bits per heavy atom. The number of carbonyl (C=O) groups is 6. The van der Waals surface area contributed by atoms with E-state index in [1.165, 1.54) is 6.92 Å². The summed E-state index contributed by atoms with van der Waals surface area (Å²) in [7, 11) is 3.25. The highest BCUT2D eigenvalue weighted by Crippen LogP contribution is 2.44. The summed E-state index contributed by atoms with van der Waals surface area (Å²) in [6.45, 7) is 13.0. The van der Waals surface area contributed by atoms with E-state index in [0.29, 0.717) is 61.3 Å². The summed E-state index contributed by atoms with van der Waals surface area (Å²) in [4.78, 5) is 80.9. The average molecular weight is 1260 g/mol. The van der Waals surface area contributed by atoms with Crippen LogP contribution in [0, 0.1) is 35.5 Å². The highest BCUT2D eigenvalue weighted by Gasteiger charge is 2.49. The van der Waals surface area contributed by atoms with E-state index in [-0.39, 0.29) is 98.5 Å². The van der Waals surface area contributed by atoms with Gasteiger partial charge in [0.2, 0.25) is 5.91 Å². The van der Waals surface area contributed by atoms with Gasteiger partial charge < -0.3 is 52.3 Å². The molecule has 1 amide bonds. The SMILES string of the molecule is COc1ccc(C(OC[C@@H]2CC(C(=O)CCC(C)=O)CN2C(=O)CCCCC(=O)CCCCCCCCOC2OC(COC(=O)c3ccccc3)C(OC3OC(COC(=O)c4ccccc4)C(C)C(C)C3C)C(C)C2C)(c2ccccc2)c2ccc(OC)cc2)cc1. The Kier molecular flexibility index (Phi) is 27.1. The number of Topliss-reactive ketones (excluding diaryl/α,β-unsaturated/α-hetero) is 3. The van der Waals surface area contributed by atoms with Gasteiger partial charge in [0.25, 0.3) is 0 Å². The molecule has 0 aliphatic carbocycles. The van der Waals surface area contributed by atoms with Gasteiger partial charge in [-0.05, 0) is 122 Å². The van der Waals surface area contributed by atoms with Gasteiger partial charge in [0, 0.05) is 63.0 Å². The molecule has 3 saturated heterocycles. The van der Waals surface area contributed by atoms with Crippen LogP contribution in [0.15, 0.2) is 140 Å².